The molecular weight excluding hydrogens is 214 g/mol. The van der Waals surface area contributed by atoms with E-state index in [-0.39, 0.29) is 12.4 Å². The average Bonchev–Trinajstić information content (AvgIpc) is 2.28. The Morgan fingerprint density at radius 2 is 1.75 bits per heavy atom. The van der Waals surface area contributed by atoms with E-state index in [1.54, 1.807) is 14.2 Å². The van der Waals surface area contributed by atoms with Crippen LogP contribution in [0.2, 0.25) is 0 Å². The third-order valence-corrected chi connectivity index (χ3v) is 2.03. The Balaban J connectivity index is 3.75. The molecular formula is C9H21N3O4. The van der Waals surface area contributed by atoms with Gasteiger partial charge in [0.15, 0.2) is 0 Å². The maximum atomic E-state index is 11.0. The Morgan fingerprint density at radius 1 is 1.19 bits per heavy atom. The van der Waals surface area contributed by atoms with Crippen LogP contribution in [0.5, 0.6) is 0 Å². The summed E-state index contributed by atoms with van der Waals surface area (Å²) in [7, 11) is 3.28. The summed E-state index contributed by atoms with van der Waals surface area (Å²) >= 11 is 0. The van der Waals surface area contributed by atoms with Crippen LogP contribution in [-0.4, -0.2) is 57.9 Å². The van der Waals surface area contributed by atoms with Crippen LogP contribution in [0.1, 0.15) is 6.42 Å². The molecule has 0 heterocycles. The minimum absolute atomic E-state index is 0.275. The van der Waals surface area contributed by atoms with E-state index < -0.39 is 0 Å². The van der Waals surface area contributed by atoms with E-state index >= 15 is 0 Å². The first-order valence-corrected chi connectivity index (χ1v) is 5.10. The van der Waals surface area contributed by atoms with E-state index in [2.05, 4.69) is 9.74 Å². The molecule has 7 heteroatoms. The number of nitrogens with zero attached hydrogens (tertiary/aromatic N) is 1. The molecule has 0 atom stereocenters. The molecule has 0 aliphatic rings. The predicted octanol–water partition coefficient (Wildman–Crippen LogP) is -1.11. The molecule has 0 aromatic rings. The molecule has 0 saturated carbocycles. The highest BCUT2D eigenvalue weighted by Crippen LogP contribution is 1.93. The summed E-state index contributed by atoms with van der Waals surface area (Å²) in [6.45, 7) is 3.33. The molecule has 7 nitrogen and oxygen atoms in total. The highest BCUT2D eigenvalue weighted by molar-refractivity contribution is 5.69. The normalized spacial score (nSPS) is 10.8. The summed E-state index contributed by atoms with van der Waals surface area (Å²) in [5.74, 6) is 4.46. The van der Waals surface area contributed by atoms with E-state index in [1.165, 1.54) is 0 Å². The number of nitrogens with two attached hydrogens (primary N) is 1. The van der Waals surface area contributed by atoms with Gasteiger partial charge in [0.05, 0.1) is 19.6 Å². The van der Waals surface area contributed by atoms with Crippen molar-refractivity contribution in [3.63, 3.8) is 0 Å². The fourth-order valence-electron chi connectivity index (χ4n) is 1.14. The fraction of sp³-hybridized carbons (Fsp3) is 0.889. The van der Waals surface area contributed by atoms with E-state index in [0.717, 1.165) is 13.1 Å². The largest absolute Gasteiger partial charge is 0.383 e. The summed E-state index contributed by atoms with van der Waals surface area (Å²) in [4.78, 5) is 17.5. The van der Waals surface area contributed by atoms with Crippen molar-refractivity contribution in [2.45, 2.75) is 6.42 Å². The Kier molecular flexibility index (Phi) is 10.3. The SMILES string of the molecule is COCCN(CCOC)CCC(=O)ONN. The van der Waals surface area contributed by atoms with Crippen molar-refractivity contribution in [3.05, 3.63) is 0 Å². The zero-order chi connectivity index (χ0) is 12.2. The number of hydrogen-bond acceptors (Lipinski definition) is 7. The van der Waals surface area contributed by atoms with E-state index in [4.69, 9.17) is 15.3 Å². The molecule has 0 fully saturated rings. The maximum absolute atomic E-state index is 11.0. The van der Waals surface area contributed by atoms with Crippen LogP contribution in [0.3, 0.4) is 0 Å². The number of hydrogen-bond donors (Lipinski definition) is 2. The third kappa shape index (κ3) is 8.57. The van der Waals surface area contributed by atoms with Gasteiger partial charge in [0.2, 0.25) is 0 Å². The van der Waals surface area contributed by atoms with Gasteiger partial charge in [-0.25, -0.2) is 5.84 Å². The second-order valence-corrected chi connectivity index (χ2v) is 3.17. The van der Waals surface area contributed by atoms with Crippen molar-refractivity contribution in [1.29, 1.82) is 0 Å². The smallest absolute Gasteiger partial charge is 0.327 e. The molecule has 0 amide bonds. The maximum Gasteiger partial charge on any atom is 0.327 e. The first-order chi connectivity index (χ1) is 7.74. The van der Waals surface area contributed by atoms with Gasteiger partial charge in [-0.1, -0.05) is 5.59 Å². The standard InChI is InChI=1S/C9H21N3O4/c1-14-7-5-12(6-8-15-2)4-3-9(13)16-11-10/h11H,3-8,10H2,1-2H3. The van der Waals surface area contributed by atoms with Crippen LogP contribution < -0.4 is 11.4 Å². The van der Waals surface area contributed by atoms with Crippen LogP contribution in [0.15, 0.2) is 0 Å². The van der Waals surface area contributed by atoms with Gasteiger partial charge < -0.3 is 14.3 Å². The number of methoxy groups -OCH3 is 2. The van der Waals surface area contributed by atoms with Crippen LogP contribution in [0.4, 0.5) is 0 Å². The first-order valence-electron chi connectivity index (χ1n) is 5.10. The third-order valence-electron chi connectivity index (χ3n) is 2.03. The Hall–Kier alpha value is -0.730. The van der Waals surface area contributed by atoms with Gasteiger partial charge in [-0.05, 0) is 0 Å². The van der Waals surface area contributed by atoms with Gasteiger partial charge in [-0.2, -0.15) is 0 Å². The molecule has 0 aliphatic heterocycles. The number of nitrogens with one attached hydrogen (secondary N) is 1. The topological polar surface area (TPSA) is 86.0 Å². The Labute approximate surface area is 95.7 Å². The summed E-state index contributed by atoms with van der Waals surface area (Å²) in [6, 6.07) is 0. The van der Waals surface area contributed by atoms with Gasteiger partial charge in [0.25, 0.3) is 0 Å². The number of ether oxygens (including phenoxy) is 2. The lowest BCUT2D eigenvalue weighted by molar-refractivity contribution is -0.151. The molecule has 0 aromatic heterocycles. The average molecular weight is 235 g/mol. The summed E-state index contributed by atoms with van der Waals surface area (Å²) in [6.07, 6.45) is 0.275. The van der Waals surface area contributed by atoms with Gasteiger partial charge in [-0.15, -0.1) is 0 Å². The lowest BCUT2D eigenvalue weighted by Gasteiger charge is -2.20. The number of rotatable bonds is 10. The molecule has 0 bridgehead atoms. The molecule has 3 N–H and O–H groups in total. The number of hydrazine groups is 1. The number of carbonyl (C=O) groups excluding carboxylic acids is 1. The minimum Gasteiger partial charge on any atom is -0.383 e. The number of carbonyl (C=O) groups is 1. The molecule has 0 aromatic carbocycles. The highest BCUT2D eigenvalue weighted by atomic mass is 16.7. The summed E-state index contributed by atoms with van der Waals surface area (Å²) in [5.41, 5.74) is 1.86. The second kappa shape index (κ2) is 10.8. The summed E-state index contributed by atoms with van der Waals surface area (Å²) < 4.78 is 9.95. The van der Waals surface area contributed by atoms with Crippen LogP contribution in [0, 0.1) is 0 Å². The van der Waals surface area contributed by atoms with Crippen molar-refractivity contribution < 1.29 is 19.1 Å². The van der Waals surface area contributed by atoms with Crippen molar-refractivity contribution in [2.75, 3.05) is 47.1 Å². The van der Waals surface area contributed by atoms with Crippen molar-refractivity contribution >= 4 is 5.97 Å². The van der Waals surface area contributed by atoms with E-state index in [0.29, 0.717) is 19.8 Å². The van der Waals surface area contributed by atoms with Gasteiger partial charge in [-0.3, -0.25) is 9.69 Å². The second-order valence-electron chi connectivity index (χ2n) is 3.17. The molecule has 0 radical (unpaired) electrons. The molecule has 16 heavy (non-hydrogen) atoms. The molecule has 96 valence electrons. The lowest BCUT2D eigenvalue weighted by Crippen LogP contribution is -2.34. The quantitative estimate of drug-likeness (QED) is 0.367. The lowest BCUT2D eigenvalue weighted by atomic mass is 10.3. The van der Waals surface area contributed by atoms with Gasteiger partial charge in [0.1, 0.15) is 0 Å². The van der Waals surface area contributed by atoms with Gasteiger partial charge in [0, 0.05) is 33.9 Å². The Morgan fingerprint density at radius 3 is 2.19 bits per heavy atom. The molecule has 0 rings (SSSR count). The molecule has 0 aliphatic carbocycles. The van der Waals surface area contributed by atoms with Crippen molar-refractivity contribution in [1.82, 2.24) is 10.5 Å². The first kappa shape index (κ1) is 15.3. The fourth-order valence-corrected chi connectivity index (χ4v) is 1.14. The van der Waals surface area contributed by atoms with Crippen molar-refractivity contribution in [2.24, 2.45) is 5.84 Å². The van der Waals surface area contributed by atoms with Gasteiger partial charge >= 0.3 is 5.97 Å². The zero-order valence-corrected chi connectivity index (χ0v) is 9.90. The zero-order valence-electron chi connectivity index (χ0n) is 9.90. The molecule has 0 spiro atoms. The minimum atomic E-state index is -0.387. The predicted molar refractivity (Wildman–Crippen MR) is 58.2 cm³/mol. The van der Waals surface area contributed by atoms with Crippen molar-refractivity contribution in [3.8, 4) is 0 Å². The van der Waals surface area contributed by atoms with E-state index in [9.17, 15) is 4.79 Å². The van der Waals surface area contributed by atoms with Crippen LogP contribution >= 0.6 is 0 Å². The monoisotopic (exact) mass is 235 g/mol. The Bertz CT molecular complexity index is 172. The molecule has 0 saturated heterocycles. The van der Waals surface area contributed by atoms with Crippen LogP contribution in [-0.2, 0) is 19.1 Å². The summed E-state index contributed by atoms with van der Waals surface area (Å²) in [5, 5.41) is 0. The van der Waals surface area contributed by atoms with E-state index in [1.807, 2.05) is 5.59 Å². The molecule has 0 unspecified atom stereocenters. The van der Waals surface area contributed by atoms with Crippen LogP contribution in [0.25, 0.3) is 0 Å². The highest BCUT2D eigenvalue weighted by Gasteiger charge is 2.08.